The number of rotatable bonds is 3. The van der Waals surface area contributed by atoms with Crippen molar-refractivity contribution >= 4 is 0 Å². The Morgan fingerprint density at radius 2 is 1.88 bits per heavy atom. The zero-order valence-corrected chi connectivity index (χ0v) is 11.0. The number of nitrogens with one attached hydrogen (secondary N) is 1. The normalized spacial score (nSPS) is 37.5. The molecule has 1 atom stereocenters. The minimum absolute atomic E-state index is 0.823. The van der Waals surface area contributed by atoms with Gasteiger partial charge in [0.2, 0.25) is 0 Å². The van der Waals surface area contributed by atoms with Crippen LogP contribution < -0.4 is 5.32 Å². The largest absolute Gasteiger partial charge is 0.314 e. The molecule has 1 heterocycles. The molecule has 2 rings (SSSR count). The van der Waals surface area contributed by atoms with Crippen molar-refractivity contribution in [3.63, 3.8) is 0 Å². The molecule has 0 spiro atoms. The monoisotopic (exact) mass is 224 g/mol. The highest BCUT2D eigenvalue weighted by Gasteiger charge is 2.21. The third kappa shape index (κ3) is 3.74. The van der Waals surface area contributed by atoms with Gasteiger partial charge in [-0.15, -0.1) is 0 Å². The molecule has 2 nitrogen and oxygen atoms in total. The molecule has 0 bridgehead atoms. The quantitative estimate of drug-likeness (QED) is 0.792. The molecule has 94 valence electrons. The van der Waals surface area contributed by atoms with Crippen LogP contribution in [0.3, 0.4) is 0 Å². The first-order valence-corrected chi connectivity index (χ1v) is 7.16. The van der Waals surface area contributed by atoms with Crippen LogP contribution in [0.1, 0.15) is 45.4 Å². The van der Waals surface area contributed by atoms with E-state index in [9.17, 15) is 0 Å². The van der Waals surface area contributed by atoms with Crippen LogP contribution in [0.25, 0.3) is 0 Å². The Morgan fingerprint density at radius 3 is 2.56 bits per heavy atom. The molecule has 1 unspecified atom stereocenters. The molecule has 1 aliphatic carbocycles. The highest BCUT2D eigenvalue weighted by Crippen LogP contribution is 2.24. The molecule has 16 heavy (non-hydrogen) atoms. The Labute approximate surface area is 101 Å². The lowest BCUT2D eigenvalue weighted by Crippen LogP contribution is -2.41. The van der Waals surface area contributed by atoms with Gasteiger partial charge in [-0.3, -0.25) is 0 Å². The third-order valence-electron chi connectivity index (χ3n) is 4.43. The Morgan fingerprint density at radius 1 is 1.12 bits per heavy atom. The molecular formula is C14H28N2. The second-order valence-electron chi connectivity index (χ2n) is 6.14. The van der Waals surface area contributed by atoms with E-state index < -0.39 is 0 Å². The molecular weight excluding hydrogens is 196 g/mol. The molecule has 0 radical (unpaired) electrons. The summed E-state index contributed by atoms with van der Waals surface area (Å²) in [6, 6.07) is 0.823. The number of nitrogens with zero attached hydrogens (tertiary/aromatic N) is 1. The zero-order valence-electron chi connectivity index (χ0n) is 11.0. The molecule has 0 aromatic heterocycles. The van der Waals surface area contributed by atoms with Crippen LogP contribution in [-0.2, 0) is 0 Å². The van der Waals surface area contributed by atoms with Crippen molar-refractivity contribution in [2.45, 2.75) is 51.5 Å². The maximum absolute atomic E-state index is 3.81. The molecule has 2 heteroatoms. The van der Waals surface area contributed by atoms with Gasteiger partial charge in [-0.05, 0) is 70.5 Å². The number of piperidine rings is 1. The van der Waals surface area contributed by atoms with E-state index in [0.29, 0.717) is 0 Å². The van der Waals surface area contributed by atoms with Crippen molar-refractivity contribution in [1.29, 1.82) is 0 Å². The van der Waals surface area contributed by atoms with Crippen molar-refractivity contribution in [3.05, 3.63) is 0 Å². The number of hydrogen-bond donors (Lipinski definition) is 1. The van der Waals surface area contributed by atoms with Crippen LogP contribution in [0.4, 0.5) is 0 Å². The number of hydrogen-bond acceptors (Lipinski definition) is 2. The molecule has 1 N–H and O–H groups in total. The van der Waals surface area contributed by atoms with Crippen molar-refractivity contribution in [1.82, 2.24) is 10.2 Å². The summed E-state index contributed by atoms with van der Waals surface area (Å²) in [5.74, 6) is 1.87. The predicted molar refractivity (Wildman–Crippen MR) is 69.6 cm³/mol. The third-order valence-corrected chi connectivity index (χ3v) is 4.43. The minimum atomic E-state index is 0.823. The van der Waals surface area contributed by atoms with Crippen molar-refractivity contribution < 1.29 is 0 Å². The fourth-order valence-corrected chi connectivity index (χ4v) is 3.24. The van der Waals surface area contributed by atoms with Crippen LogP contribution in [0, 0.1) is 11.8 Å². The van der Waals surface area contributed by atoms with E-state index in [2.05, 4.69) is 24.2 Å². The summed E-state index contributed by atoms with van der Waals surface area (Å²) in [6.07, 6.45) is 8.50. The average Bonchev–Trinajstić information content (AvgIpc) is 2.28. The summed E-state index contributed by atoms with van der Waals surface area (Å²) in [5, 5.41) is 3.81. The Bertz CT molecular complexity index is 197. The van der Waals surface area contributed by atoms with Crippen LogP contribution in [0.15, 0.2) is 0 Å². The molecule has 0 aromatic carbocycles. The first-order valence-electron chi connectivity index (χ1n) is 7.16. The fourth-order valence-electron chi connectivity index (χ4n) is 3.24. The summed E-state index contributed by atoms with van der Waals surface area (Å²) in [4.78, 5) is 2.48. The maximum atomic E-state index is 3.81. The Hall–Kier alpha value is -0.0800. The van der Waals surface area contributed by atoms with Crippen LogP contribution in [-0.4, -0.2) is 37.6 Å². The summed E-state index contributed by atoms with van der Waals surface area (Å²) < 4.78 is 0. The summed E-state index contributed by atoms with van der Waals surface area (Å²) in [7, 11) is 2.26. The van der Waals surface area contributed by atoms with Crippen LogP contribution in [0.5, 0.6) is 0 Å². The van der Waals surface area contributed by atoms with E-state index in [1.54, 1.807) is 0 Å². The van der Waals surface area contributed by atoms with Gasteiger partial charge in [0.25, 0.3) is 0 Å². The topological polar surface area (TPSA) is 15.3 Å². The first-order chi connectivity index (χ1) is 7.74. The summed E-state index contributed by atoms with van der Waals surface area (Å²) >= 11 is 0. The maximum Gasteiger partial charge on any atom is 0.00673 e. The van der Waals surface area contributed by atoms with Crippen molar-refractivity contribution in [2.75, 3.05) is 26.7 Å². The van der Waals surface area contributed by atoms with E-state index in [1.165, 1.54) is 58.2 Å². The number of likely N-dealkylation sites (tertiary alicyclic amines) is 1. The van der Waals surface area contributed by atoms with E-state index in [-0.39, 0.29) is 0 Å². The second kappa shape index (κ2) is 6.02. The Kier molecular flexibility index (Phi) is 4.66. The van der Waals surface area contributed by atoms with Gasteiger partial charge >= 0.3 is 0 Å². The molecule has 1 saturated carbocycles. The molecule has 1 saturated heterocycles. The van der Waals surface area contributed by atoms with Crippen LogP contribution >= 0.6 is 0 Å². The Balaban J connectivity index is 1.63. The van der Waals surface area contributed by atoms with E-state index in [4.69, 9.17) is 0 Å². The van der Waals surface area contributed by atoms with Crippen molar-refractivity contribution in [3.8, 4) is 0 Å². The lowest BCUT2D eigenvalue weighted by Gasteiger charge is -2.33. The highest BCUT2D eigenvalue weighted by molar-refractivity contribution is 4.78. The highest BCUT2D eigenvalue weighted by atomic mass is 15.1. The van der Waals surface area contributed by atoms with Crippen LogP contribution in [0.2, 0.25) is 0 Å². The van der Waals surface area contributed by atoms with Gasteiger partial charge < -0.3 is 10.2 Å². The van der Waals surface area contributed by atoms with E-state index >= 15 is 0 Å². The van der Waals surface area contributed by atoms with Gasteiger partial charge in [-0.25, -0.2) is 0 Å². The average molecular weight is 224 g/mol. The summed E-state index contributed by atoms with van der Waals surface area (Å²) in [5.41, 5.74) is 0. The molecule has 1 aliphatic heterocycles. The van der Waals surface area contributed by atoms with Crippen molar-refractivity contribution in [2.24, 2.45) is 11.8 Å². The molecule has 0 amide bonds. The SMILES string of the molecule is CC1CCC(NCC2CCCN(C)C2)CC1. The molecule has 0 aromatic rings. The van der Waals surface area contributed by atoms with Gasteiger partial charge in [-0.2, -0.15) is 0 Å². The van der Waals surface area contributed by atoms with Gasteiger partial charge in [0.1, 0.15) is 0 Å². The standard InChI is InChI=1S/C14H28N2/c1-12-5-7-14(8-6-12)15-10-13-4-3-9-16(2)11-13/h12-15H,3-11H2,1-2H3. The zero-order chi connectivity index (χ0) is 11.4. The second-order valence-corrected chi connectivity index (χ2v) is 6.14. The lowest BCUT2D eigenvalue weighted by molar-refractivity contribution is 0.196. The molecule has 2 fully saturated rings. The predicted octanol–water partition coefficient (Wildman–Crippen LogP) is 2.50. The van der Waals surface area contributed by atoms with Gasteiger partial charge in [0.15, 0.2) is 0 Å². The minimum Gasteiger partial charge on any atom is -0.314 e. The van der Waals surface area contributed by atoms with Gasteiger partial charge in [0.05, 0.1) is 0 Å². The molecule has 2 aliphatic rings. The van der Waals surface area contributed by atoms with E-state index in [0.717, 1.165) is 17.9 Å². The first kappa shape index (κ1) is 12.4. The smallest absolute Gasteiger partial charge is 0.00673 e. The fraction of sp³-hybridized carbons (Fsp3) is 1.00. The van der Waals surface area contributed by atoms with Gasteiger partial charge in [0, 0.05) is 12.6 Å². The summed E-state index contributed by atoms with van der Waals surface area (Å²) in [6.45, 7) is 6.25. The van der Waals surface area contributed by atoms with Gasteiger partial charge in [-0.1, -0.05) is 6.92 Å². The lowest BCUT2D eigenvalue weighted by atomic mass is 9.87. The van der Waals surface area contributed by atoms with E-state index in [1.807, 2.05) is 0 Å².